The van der Waals surface area contributed by atoms with Gasteiger partial charge < -0.3 is 14.8 Å². The van der Waals surface area contributed by atoms with E-state index < -0.39 is 31.2 Å². The number of anilines is 2. The SMILES string of the molecule is COC(=O)c1ccccc1Nc1cc(S(=O)(=O)C2COCCN2)nc2ccc(S(N)(=O)=O)cc12. The Kier molecular flexibility index (Phi) is 6.55. The third-order valence-corrected chi connectivity index (χ3v) is 8.00. The number of benzene rings is 2. The smallest absolute Gasteiger partial charge is 0.339 e. The summed E-state index contributed by atoms with van der Waals surface area (Å²) in [4.78, 5) is 16.3. The Morgan fingerprint density at radius 3 is 2.59 bits per heavy atom. The number of para-hydroxylation sites is 1. The Balaban J connectivity index is 1.91. The van der Waals surface area contributed by atoms with E-state index in [0.29, 0.717) is 18.8 Å². The Bertz CT molecular complexity index is 1470. The molecule has 1 fully saturated rings. The molecule has 34 heavy (non-hydrogen) atoms. The molecule has 1 aliphatic rings. The largest absolute Gasteiger partial charge is 0.465 e. The monoisotopic (exact) mass is 506 g/mol. The number of ether oxygens (including phenoxy) is 2. The molecule has 1 unspecified atom stereocenters. The lowest BCUT2D eigenvalue weighted by molar-refractivity contribution is 0.0602. The molecule has 4 rings (SSSR count). The Hall–Kier alpha value is -3.10. The number of hydrogen-bond acceptors (Lipinski definition) is 10. The van der Waals surface area contributed by atoms with Crippen LogP contribution < -0.4 is 15.8 Å². The van der Waals surface area contributed by atoms with Crippen LogP contribution in [0.5, 0.6) is 0 Å². The van der Waals surface area contributed by atoms with Crippen molar-refractivity contribution in [3.63, 3.8) is 0 Å². The number of nitrogens with zero attached hydrogens (tertiary/aromatic N) is 1. The van der Waals surface area contributed by atoms with Crippen LogP contribution >= 0.6 is 0 Å². The fraction of sp³-hybridized carbons (Fsp3) is 0.238. The van der Waals surface area contributed by atoms with Crippen LogP contribution in [0.4, 0.5) is 11.4 Å². The average molecular weight is 507 g/mol. The van der Waals surface area contributed by atoms with Crippen LogP contribution in [0.1, 0.15) is 10.4 Å². The Morgan fingerprint density at radius 2 is 1.91 bits per heavy atom. The van der Waals surface area contributed by atoms with Crippen molar-refractivity contribution < 1.29 is 31.1 Å². The van der Waals surface area contributed by atoms with Crippen LogP contribution in [-0.4, -0.2) is 60.0 Å². The fourth-order valence-corrected chi connectivity index (χ4v) is 5.47. The average Bonchev–Trinajstić information content (AvgIpc) is 2.83. The standard InChI is InChI=1S/C21H22N4O7S2/c1-31-21(26)14-4-2-3-5-16(14)24-18-11-19(33(27,28)20-12-32-9-8-23-20)25-17-7-6-13(10-15(17)18)34(22,29)30/h2-7,10-11,20,23H,8-9,12H2,1H3,(H,24,25)(H2,22,29,30). The maximum Gasteiger partial charge on any atom is 0.339 e. The van der Waals surface area contributed by atoms with Crippen molar-refractivity contribution in [3.8, 4) is 0 Å². The van der Waals surface area contributed by atoms with Crippen molar-refractivity contribution in [2.45, 2.75) is 15.3 Å². The topological polar surface area (TPSA) is 167 Å². The number of aromatic nitrogens is 1. The molecule has 0 amide bonds. The van der Waals surface area contributed by atoms with E-state index in [2.05, 4.69) is 15.6 Å². The molecule has 2 heterocycles. The molecular weight excluding hydrogens is 484 g/mol. The predicted molar refractivity (Wildman–Crippen MR) is 124 cm³/mol. The van der Waals surface area contributed by atoms with Crippen molar-refractivity contribution in [1.29, 1.82) is 0 Å². The quantitative estimate of drug-likeness (QED) is 0.412. The highest BCUT2D eigenvalue weighted by atomic mass is 32.2. The number of carbonyl (C=O) groups is 1. The second-order valence-electron chi connectivity index (χ2n) is 7.46. The van der Waals surface area contributed by atoms with E-state index in [1.54, 1.807) is 18.2 Å². The summed E-state index contributed by atoms with van der Waals surface area (Å²) in [7, 11) is -6.76. The summed E-state index contributed by atoms with van der Waals surface area (Å²) in [5.41, 5.74) is 0.944. The first-order chi connectivity index (χ1) is 16.1. The summed E-state index contributed by atoms with van der Waals surface area (Å²) >= 11 is 0. The summed E-state index contributed by atoms with van der Waals surface area (Å²) < 4.78 is 60.5. The molecule has 0 bridgehead atoms. The second-order valence-corrected chi connectivity index (χ2v) is 11.1. The normalized spacial score (nSPS) is 16.8. The van der Waals surface area contributed by atoms with E-state index >= 15 is 0 Å². The maximum absolute atomic E-state index is 13.3. The molecule has 3 aromatic rings. The van der Waals surface area contributed by atoms with Gasteiger partial charge in [-0.1, -0.05) is 12.1 Å². The minimum atomic E-state index is -4.04. The first-order valence-corrected chi connectivity index (χ1v) is 13.2. The van der Waals surface area contributed by atoms with Crippen LogP contribution in [0.25, 0.3) is 10.9 Å². The molecule has 13 heteroatoms. The highest BCUT2D eigenvalue weighted by Crippen LogP contribution is 2.32. The second kappa shape index (κ2) is 9.27. The number of fused-ring (bicyclic) bond motifs is 1. The van der Waals surface area contributed by atoms with Crippen LogP contribution in [0, 0.1) is 0 Å². The number of sulfonamides is 1. The number of carbonyl (C=O) groups excluding carboxylic acids is 1. The van der Waals surface area contributed by atoms with Crippen molar-refractivity contribution in [2.75, 3.05) is 32.2 Å². The number of esters is 1. The van der Waals surface area contributed by atoms with Crippen LogP contribution in [0.2, 0.25) is 0 Å². The number of nitrogens with two attached hydrogens (primary N) is 1. The molecule has 0 saturated carbocycles. The van der Waals surface area contributed by atoms with Crippen molar-refractivity contribution in [3.05, 3.63) is 54.1 Å². The maximum atomic E-state index is 13.3. The molecule has 1 aliphatic heterocycles. The molecule has 180 valence electrons. The zero-order valence-corrected chi connectivity index (χ0v) is 19.6. The van der Waals surface area contributed by atoms with Gasteiger partial charge in [-0.25, -0.2) is 31.8 Å². The number of pyridine rings is 1. The lowest BCUT2D eigenvalue weighted by atomic mass is 10.1. The van der Waals surface area contributed by atoms with E-state index in [1.807, 2.05) is 0 Å². The molecule has 11 nitrogen and oxygen atoms in total. The molecule has 1 atom stereocenters. The number of sulfone groups is 1. The van der Waals surface area contributed by atoms with Gasteiger partial charge in [-0.3, -0.25) is 5.32 Å². The van der Waals surface area contributed by atoms with Crippen molar-refractivity contribution in [1.82, 2.24) is 10.3 Å². The molecule has 2 aromatic carbocycles. The van der Waals surface area contributed by atoms with Crippen LogP contribution in [-0.2, 0) is 29.3 Å². The third-order valence-electron chi connectivity index (χ3n) is 5.24. The molecular formula is C21H22N4O7S2. The number of rotatable bonds is 6. The highest BCUT2D eigenvalue weighted by Gasteiger charge is 2.31. The number of methoxy groups -OCH3 is 1. The highest BCUT2D eigenvalue weighted by molar-refractivity contribution is 7.92. The van der Waals surface area contributed by atoms with Gasteiger partial charge in [0.15, 0.2) is 5.03 Å². The van der Waals surface area contributed by atoms with Gasteiger partial charge >= 0.3 is 5.97 Å². The van der Waals surface area contributed by atoms with Crippen molar-refractivity contribution >= 4 is 48.1 Å². The minimum Gasteiger partial charge on any atom is -0.465 e. The molecule has 0 aliphatic carbocycles. The van der Waals surface area contributed by atoms with Gasteiger partial charge in [0.25, 0.3) is 0 Å². The number of primary sulfonamides is 1. The Morgan fingerprint density at radius 1 is 1.15 bits per heavy atom. The van der Waals surface area contributed by atoms with Crippen LogP contribution in [0.3, 0.4) is 0 Å². The third kappa shape index (κ3) is 4.74. The van der Waals surface area contributed by atoms with E-state index in [0.717, 1.165) is 0 Å². The number of nitrogens with one attached hydrogen (secondary N) is 2. The predicted octanol–water partition coefficient (Wildman–Crippen LogP) is 1.13. The lowest BCUT2D eigenvalue weighted by Gasteiger charge is -2.24. The van der Waals surface area contributed by atoms with Crippen molar-refractivity contribution in [2.24, 2.45) is 5.14 Å². The zero-order chi connectivity index (χ0) is 24.5. The molecule has 4 N–H and O–H groups in total. The first-order valence-electron chi connectivity index (χ1n) is 10.1. The number of morpholine rings is 1. The van der Waals surface area contributed by atoms with Gasteiger partial charge in [0, 0.05) is 11.9 Å². The Labute approximate surface area is 196 Å². The van der Waals surface area contributed by atoms with E-state index in [-0.39, 0.29) is 38.7 Å². The molecule has 1 saturated heterocycles. The molecule has 1 aromatic heterocycles. The summed E-state index contributed by atoms with van der Waals surface area (Å²) in [6.45, 7) is 0.720. The minimum absolute atomic E-state index is 0.0413. The fourth-order valence-electron chi connectivity index (χ4n) is 3.52. The summed E-state index contributed by atoms with van der Waals surface area (Å²) in [6, 6.07) is 11.7. The lowest BCUT2D eigenvalue weighted by Crippen LogP contribution is -2.46. The van der Waals surface area contributed by atoms with Crippen LogP contribution in [0.15, 0.2) is 58.5 Å². The van der Waals surface area contributed by atoms with Gasteiger partial charge in [-0.15, -0.1) is 0 Å². The van der Waals surface area contributed by atoms with Gasteiger partial charge in [0.2, 0.25) is 19.9 Å². The van der Waals surface area contributed by atoms with Gasteiger partial charge in [0.1, 0.15) is 5.37 Å². The van der Waals surface area contributed by atoms with Gasteiger partial charge in [0.05, 0.1) is 47.7 Å². The first kappa shape index (κ1) is 24.0. The van der Waals surface area contributed by atoms with E-state index in [1.165, 1.54) is 37.4 Å². The molecule has 0 spiro atoms. The summed E-state index contributed by atoms with van der Waals surface area (Å²) in [6.07, 6.45) is 0. The number of hydrogen-bond donors (Lipinski definition) is 3. The molecule has 0 radical (unpaired) electrons. The van der Waals surface area contributed by atoms with Gasteiger partial charge in [-0.05, 0) is 36.4 Å². The zero-order valence-electron chi connectivity index (χ0n) is 18.0. The van der Waals surface area contributed by atoms with Gasteiger partial charge in [-0.2, -0.15) is 0 Å². The van der Waals surface area contributed by atoms with E-state index in [4.69, 9.17) is 14.6 Å². The summed E-state index contributed by atoms with van der Waals surface area (Å²) in [5.74, 6) is -0.608. The van der Waals surface area contributed by atoms with E-state index in [9.17, 15) is 21.6 Å². The summed E-state index contributed by atoms with van der Waals surface area (Å²) in [5, 5.41) is 10.3.